The van der Waals surface area contributed by atoms with Crippen molar-refractivity contribution in [2.45, 2.75) is 51.3 Å². The highest BCUT2D eigenvalue weighted by Gasteiger charge is 2.38. The summed E-state index contributed by atoms with van der Waals surface area (Å²) in [4.78, 5) is 31.7. The molecule has 1 aromatic heterocycles. The van der Waals surface area contributed by atoms with Crippen LogP contribution in [0.1, 0.15) is 31.2 Å². The molecule has 0 spiro atoms. The topological polar surface area (TPSA) is 64.4 Å². The molecule has 4 rings (SSSR count). The second-order valence-corrected chi connectivity index (χ2v) is 6.96. The fourth-order valence-corrected chi connectivity index (χ4v) is 4.09. The van der Waals surface area contributed by atoms with Crippen molar-refractivity contribution in [3.8, 4) is 0 Å². The van der Waals surface area contributed by atoms with Gasteiger partial charge in [0.25, 0.3) is 5.56 Å². The molecule has 1 amide bonds. The van der Waals surface area contributed by atoms with E-state index in [9.17, 15) is 9.59 Å². The van der Waals surface area contributed by atoms with Crippen LogP contribution < -0.4 is 5.56 Å². The molecule has 2 fully saturated rings. The summed E-state index contributed by atoms with van der Waals surface area (Å²) < 4.78 is 7.31. The van der Waals surface area contributed by atoms with Crippen molar-refractivity contribution < 1.29 is 9.53 Å². The van der Waals surface area contributed by atoms with Gasteiger partial charge in [-0.05, 0) is 37.8 Å². The molecule has 0 bridgehead atoms. The first-order valence-corrected chi connectivity index (χ1v) is 9.01. The predicted molar refractivity (Wildman–Crippen MR) is 94.4 cm³/mol. The number of benzene rings is 1. The van der Waals surface area contributed by atoms with Crippen molar-refractivity contribution in [3.63, 3.8) is 0 Å². The number of morpholine rings is 1. The highest BCUT2D eigenvalue weighted by atomic mass is 16.5. The fourth-order valence-electron chi connectivity index (χ4n) is 4.09. The standard InChI is InChI=1S/C19H23N3O3/c1-13-4-2-5-14-18(13)20-12-21(19(14)24)9-8-17(23)22-10-11-25-16-7-3-6-15(16)22/h2,4-5,12,15-16H,3,6-11H2,1H3/t15-,16-/m1/s1. The molecule has 1 saturated heterocycles. The molecule has 0 radical (unpaired) electrons. The third-order valence-electron chi connectivity index (χ3n) is 5.42. The molecule has 0 unspecified atom stereocenters. The molecule has 25 heavy (non-hydrogen) atoms. The number of hydrogen-bond acceptors (Lipinski definition) is 4. The minimum absolute atomic E-state index is 0.0813. The van der Waals surface area contributed by atoms with Gasteiger partial charge in [-0.1, -0.05) is 12.1 Å². The zero-order chi connectivity index (χ0) is 17.4. The largest absolute Gasteiger partial charge is 0.374 e. The van der Waals surface area contributed by atoms with Crippen LogP contribution in [0, 0.1) is 6.92 Å². The molecular formula is C19H23N3O3. The monoisotopic (exact) mass is 341 g/mol. The van der Waals surface area contributed by atoms with Crippen molar-refractivity contribution in [2.75, 3.05) is 13.2 Å². The second-order valence-electron chi connectivity index (χ2n) is 6.96. The smallest absolute Gasteiger partial charge is 0.261 e. The number of amides is 1. The van der Waals surface area contributed by atoms with Crippen LogP contribution >= 0.6 is 0 Å². The summed E-state index contributed by atoms with van der Waals surface area (Å²) >= 11 is 0. The van der Waals surface area contributed by atoms with Crippen molar-refractivity contribution in [1.29, 1.82) is 0 Å². The number of aromatic nitrogens is 2. The van der Waals surface area contributed by atoms with Crippen LogP contribution in [0.5, 0.6) is 0 Å². The first-order valence-electron chi connectivity index (χ1n) is 9.01. The van der Waals surface area contributed by atoms with E-state index in [2.05, 4.69) is 4.98 Å². The van der Waals surface area contributed by atoms with Gasteiger partial charge in [-0.15, -0.1) is 0 Å². The Balaban J connectivity index is 1.49. The van der Waals surface area contributed by atoms with Gasteiger partial charge in [-0.3, -0.25) is 14.2 Å². The van der Waals surface area contributed by atoms with Gasteiger partial charge in [0.05, 0.1) is 36.0 Å². The average Bonchev–Trinajstić information content (AvgIpc) is 3.10. The molecule has 132 valence electrons. The van der Waals surface area contributed by atoms with Gasteiger partial charge in [0.1, 0.15) is 0 Å². The Labute approximate surface area is 146 Å². The van der Waals surface area contributed by atoms with Crippen LogP contribution in [0.25, 0.3) is 10.9 Å². The molecule has 1 aliphatic carbocycles. The second kappa shape index (κ2) is 6.59. The number of aryl methyl sites for hydroxylation is 2. The number of hydrogen-bond donors (Lipinski definition) is 0. The van der Waals surface area contributed by atoms with Crippen molar-refractivity contribution in [3.05, 3.63) is 40.4 Å². The first kappa shape index (κ1) is 16.3. The highest BCUT2D eigenvalue weighted by Crippen LogP contribution is 2.30. The summed E-state index contributed by atoms with van der Waals surface area (Å²) in [5, 5.41) is 0.608. The first-order chi connectivity index (χ1) is 12.1. The van der Waals surface area contributed by atoms with Crippen LogP contribution in [-0.4, -0.2) is 45.7 Å². The number of para-hydroxylation sites is 1. The Bertz CT molecular complexity index is 861. The molecule has 2 heterocycles. The van der Waals surface area contributed by atoms with E-state index >= 15 is 0 Å². The Morgan fingerprint density at radius 3 is 3.12 bits per heavy atom. The third-order valence-corrected chi connectivity index (χ3v) is 5.42. The summed E-state index contributed by atoms with van der Waals surface area (Å²) in [6.45, 7) is 3.58. The zero-order valence-electron chi connectivity index (χ0n) is 14.5. The molecule has 1 aromatic carbocycles. The number of nitrogens with zero attached hydrogens (tertiary/aromatic N) is 3. The van der Waals surface area contributed by atoms with Crippen LogP contribution in [0.2, 0.25) is 0 Å². The number of carbonyl (C=O) groups is 1. The number of rotatable bonds is 3. The lowest BCUT2D eigenvalue weighted by molar-refractivity contribution is -0.144. The SMILES string of the molecule is Cc1cccc2c(=O)n(CCC(=O)N3CCO[C@@H]4CCC[C@H]43)cnc12. The summed E-state index contributed by atoms with van der Waals surface area (Å²) in [7, 11) is 0. The van der Waals surface area contributed by atoms with E-state index in [1.54, 1.807) is 17.0 Å². The fraction of sp³-hybridized carbons (Fsp3) is 0.526. The highest BCUT2D eigenvalue weighted by molar-refractivity contribution is 5.80. The Hall–Kier alpha value is -2.21. The molecule has 0 N–H and O–H groups in total. The maximum Gasteiger partial charge on any atom is 0.261 e. The van der Waals surface area contributed by atoms with Gasteiger partial charge in [0.2, 0.25) is 5.91 Å². The van der Waals surface area contributed by atoms with E-state index in [1.807, 2.05) is 24.0 Å². The van der Waals surface area contributed by atoms with E-state index in [-0.39, 0.29) is 23.6 Å². The molecule has 6 nitrogen and oxygen atoms in total. The van der Waals surface area contributed by atoms with Gasteiger partial charge in [0, 0.05) is 19.5 Å². The van der Waals surface area contributed by atoms with Crippen LogP contribution in [-0.2, 0) is 16.1 Å². The normalized spacial score (nSPS) is 23.0. The lowest BCUT2D eigenvalue weighted by atomic mass is 10.1. The summed E-state index contributed by atoms with van der Waals surface area (Å²) in [6.07, 6.45) is 5.26. The van der Waals surface area contributed by atoms with Crippen molar-refractivity contribution >= 4 is 16.8 Å². The molecule has 2 aromatic rings. The minimum Gasteiger partial charge on any atom is -0.374 e. The minimum atomic E-state index is -0.0813. The van der Waals surface area contributed by atoms with Gasteiger partial charge in [-0.25, -0.2) is 4.98 Å². The van der Waals surface area contributed by atoms with E-state index in [4.69, 9.17) is 4.74 Å². The zero-order valence-corrected chi connectivity index (χ0v) is 14.5. The maximum absolute atomic E-state index is 12.7. The van der Waals surface area contributed by atoms with Gasteiger partial charge < -0.3 is 9.64 Å². The number of carbonyl (C=O) groups excluding carboxylic acids is 1. The van der Waals surface area contributed by atoms with E-state index < -0.39 is 0 Å². The summed E-state index contributed by atoms with van der Waals surface area (Å²) in [6, 6.07) is 5.82. The predicted octanol–water partition coefficient (Wildman–Crippen LogP) is 1.87. The van der Waals surface area contributed by atoms with Gasteiger partial charge in [-0.2, -0.15) is 0 Å². The third kappa shape index (κ3) is 2.95. The molecule has 1 saturated carbocycles. The Kier molecular flexibility index (Phi) is 4.29. The lowest BCUT2D eigenvalue weighted by Crippen LogP contribution is -2.51. The van der Waals surface area contributed by atoms with Crippen molar-refractivity contribution in [2.24, 2.45) is 0 Å². The Morgan fingerprint density at radius 2 is 2.24 bits per heavy atom. The summed E-state index contributed by atoms with van der Waals surface area (Å²) in [5.41, 5.74) is 1.64. The Morgan fingerprint density at radius 1 is 1.36 bits per heavy atom. The van der Waals surface area contributed by atoms with E-state index in [1.165, 1.54) is 0 Å². The van der Waals surface area contributed by atoms with E-state index in [0.717, 1.165) is 30.3 Å². The van der Waals surface area contributed by atoms with Gasteiger partial charge >= 0.3 is 0 Å². The molecule has 2 atom stereocenters. The number of fused-ring (bicyclic) bond motifs is 2. The molecular weight excluding hydrogens is 318 g/mol. The van der Waals surface area contributed by atoms with Crippen molar-refractivity contribution in [1.82, 2.24) is 14.5 Å². The maximum atomic E-state index is 12.7. The van der Waals surface area contributed by atoms with Crippen LogP contribution in [0.4, 0.5) is 0 Å². The molecule has 6 heteroatoms. The molecule has 2 aliphatic rings. The lowest BCUT2D eigenvalue weighted by Gasteiger charge is -2.37. The summed E-state index contributed by atoms with van der Waals surface area (Å²) in [5.74, 6) is 0.108. The number of ether oxygens (including phenoxy) is 1. The quantitative estimate of drug-likeness (QED) is 0.855. The van der Waals surface area contributed by atoms with Crippen LogP contribution in [0.3, 0.4) is 0 Å². The van der Waals surface area contributed by atoms with E-state index in [0.29, 0.717) is 31.5 Å². The van der Waals surface area contributed by atoms with Gasteiger partial charge in [0.15, 0.2) is 0 Å². The average molecular weight is 341 g/mol. The van der Waals surface area contributed by atoms with Crippen LogP contribution in [0.15, 0.2) is 29.3 Å². The molecule has 1 aliphatic heterocycles.